The van der Waals surface area contributed by atoms with E-state index in [1.54, 1.807) is 19.1 Å². The van der Waals surface area contributed by atoms with Crippen LogP contribution in [0.4, 0.5) is 5.69 Å². The average Bonchev–Trinajstić information content (AvgIpc) is 2.39. The van der Waals surface area contributed by atoms with E-state index in [-0.39, 0.29) is 5.75 Å². The lowest BCUT2D eigenvalue weighted by Gasteiger charge is -2.07. The first kappa shape index (κ1) is 15.0. The van der Waals surface area contributed by atoms with Crippen LogP contribution >= 0.6 is 0 Å². The Labute approximate surface area is 111 Å². The van der Waals surface area contributed by atoms with Crippen molar-refractivity contribution in [2.75, 3.05) is 17.6 Å². The van der Waals surface area contributed by atoms with Gasteiger partial charge in [-0.2, -0.15) is 0 Å². The van der Waals surface area contributed by atoms with Gasteiger partial charge in [0, 0.05) is 12.2 Å². The van der Waals surface area contributed by atoms with Crippen molar-refractivity contribution in [3.63, 3.8) is 0 Å². The highest BCUT2D eigenvalue weighted by molar-refractivity contribution is 7.91. The second-order valence-electron chi connectivity index (χ2n) is 4.42. The molecule has 0 unspecified atom stereocenters. The summed E-state index contributed by atoms with van der Waals surface area (Å²) in [5.41, 5.74) is 0.988. The lowest BCUT2D eigenvalue weighted by Crippen LogP contribution is -2.05. The molecule has 0 saturated heterocycles. The molecule has 102 valence electrons. The predicted octanol–water partition coefficient (Wildman–Crippen LogP) is 3.47. The summed E-state index contributed by atoms with van der Waals surface area (Å²) < 4.78 is 23.2. The third kappa shape index (κ3) is 4.69. The topological polar surface area (TPSA) is 46.2 Å². The van der Waals surface area contributed by atoms with Crippen molar-refractivity contribution in [2.24, 2.45) is 0 Å². The van der Waals surface area contributed by atoms with Gasteiger partial charge in [0.2, 0.25) is 0 Å². The fraction of sp³-hybridized carbons (Fsp3) is 0.571. The van der Waals surface area contributed by atoms with Gasteiger partial charge in [-0.3, -0.25) is 0 Å². The van der Waals surface area contributed by atoms with Crippen molar-refractivity contribution in [1.82, 2.24) is 0 Å². The van der Waals surface area contributed by atoms with Crippen molar-refractivity contribution in [3.8, 4) is 0 Å². The van der Waals surface area contributed by atoms with Crippen molar-refractivity contribution in [1.29, 1.82) is 0 Å². The number of rotatable bonds is 8. The largest absolute Gasteiger partial charge is 0.385 e. The number of benzene rings is 1. The molecule has 18 heavy (non-hydrogen) atoms. The zero-order valence-electron chi connectivity index (χ0n) is 11.3. The zero-order chi connectivity index (χ0) is 13.4. The highest BCUT2D eigenvalue weighted by Crippen LogP contribution is 2.15. The van der Waals surface area contributed by atoms with Crippen LogP contribution in [0.5, 0.6) is 0 Å². The third-order valence-corrected chi connectivity index (χ3v) is 4.70. The summed E-state index contributed by atoms with van der Waals surface area (Å²) in [6.45, 7) is 4.80. The van der Waals surface area contributed by atoms with Crippen LogP contribution in [-0.2, 0) is 9.84 Å². The van der Waals surface area contributed by atoms with Gasteiger partial charge >= 0.3 is 0 Å². The maximum absolute atomic E-state index is 11.6. The normalized spacial score (nSPS) is 11.4. The summed E-state index contributed by atoms with van der Waals surface area (Å²) in [6, 6.07) is 7.02. The molecule has 0 aliphatic rings. The summed E-state index contributed by atoms with van der Waals surface area (Å²) in [5.74, 6) is 0.150. The number of sulfone groups is 1. The Hall–Kier alpha value is -1.03. The van der Waals surface area contributed by atoms with Gasteiger partial charge in [-0.05, 0) is 30.7 Å². The molecule has 0 fully saturated rings. The van der Waals surface area contributed by atoms with Crippen molar-refractivity contribution < 1.29 is 8.42 Å². The van der Waals surface area contributed by atoms with Gasteiger partial charge in [0.15, 0.2) is 9.84 Å². The number of hydrogen-bond donors (Lipinski definition) is 1. The molecule has 1 aromatic rings. The lowest BCUT2D eigenvalue weighted by molar-refractivity contribution is 0.597. The standard InChI is InChI=1S/C14H23NO2S/c1-3-5-6-7-12-15-13-8-10-14(11-9-13)18(16,17)4-2/h8-11,15H,3-7,12H2,1-2H3. The molecule has 0 bridgehead atoms. The molecule has 0 spiro atoms. The van der Waals surface area contributed by atoms with Gasteiger partial charge < -0.3 is 5.32 Å². The molecule has 4 heteroatoms. The first-order valence-electron chi connectivity index (χ1n) is 6.67. The molecule has 0 aliphatic carbocycles. The maximum atomic E-state index is 11.6. The molecule has 0 amide bonds. The minimum atomic E-state index is -3.08. The van der Waals surface area contributed by atoms with E-state index in [1.807, 2.05) is 12.1 Å². The van der Waals surface area contributed by atoms with Crippen LogP contribution in [0.1, 0.15) is 39.5 Å². The molecule has 0 heterocycles. The molecule has 0 radical (unpaired) electrons. The Bertz CT molecular complexity index is 437. The van der Waals surface area contributed by atoms with Gasteiger partial charge in [0.05, 0.1) is 10.6 Å². The van der Waals surface area contributed by atoms with E-state index in [2.05, 4.69) is 12.2 Å². The molecule has 0 atom stereocenters. The van der Waals surface area contributed by atoms with Crippen LogP contribution in [0, 0.1) is 0 Å². The number of unbranched alkanes of at least 4 members (excludes halogenated alkanes) is 3. The Morgan fingerprint density at radius 2 is 1.67 bits per heavy atom. The smallest absolute Gasteiger partial charge is 0.178 e. The zero-order valence-corrected chi connectivity index (χ0v) is 12.1. The molecule has 0 saturated carbocycles. The van der Waals surface area contributed by atoms with Crippen molar-refractivity contribution in [3.05, 3.63) is 24.3 Å². The van der Waals surface area contributed by atoms with E-state index < -0.39 is 9.84 Å². The molecule has 3 nitrogen and oxygen atoms in total. The number of anilines is 1. The number of nitrogens with one attached hydrogen (secondary N) is 1. The van der Waals surface area contributed by atoms with E-state index in [4.69, 9.17) is 0 Å². The Morgan fingerprint density at radius 1 is 1.00 bits per heavy atom. The van der Waals surface area contributed by atoms with Crippen LogP contribution in [0.2, 0.25) is 0 Å². The minimum Gasteiger partial charge on any atom is -0.385 e. The summed E-state index contributed by atoms with van der Waals surface area (Å²) in [5, 5.41) is 3.31. The highest BCUT2D eigenvalue weighted by atomic mass is 32.2. The monoisotopic (exact) mass is 269 g/mol. The molecule has 1 N–H and O–H groups in total. The van der Waals surface area contributed by atoms with Crippen LogP contribution in [0.25, 0.3) is 0 Å². The molecular weight excluding hydrogens is 246 g/mol. The molecular formula is C14H23NO2S. The first-order chi connectivity index (χ1) is 8.60. The van der Waals surface area contributed by atoms with Gasteiger partial charge in [-0.25, -0.2) is 8.42 Å². The lowest BCUT2D eigenvalue weighted by atomic mass is 10.2. The quantitative estimate of drug-likeness (QED) is 0.735. The SMILES string of the molecule is CCCCCCNc1ccc(S(=O)(=O)CC)cc1. The number of hydrogen-bond acceptors (Lipinski definition) is 3. The Kier molecular flexibility index (Phi) is 6.19. The molecule has 1 aromatic carbocycles. The van der Waals surface area contributed by atoms with E-state index >= 15 is 0 Å². The summed E-state index contributed by atoms with van der Waals surface area (Å²) in [6.07, 6.45) is 4.91. The van der Waals surface area contributed by atoms with Crippen LogP contribution in [-0.4, -0.2) is 20.7 Å². The average molecular weight is 269 g/mol. The second-order valence-corrected chi connectivity index (χ2v) is 6.69. The highest BCUT2D eigenvalue weighted by Gasteiger charge is 2.10. The van der Waals surface area contributed by atoms with Crippen LogP contribution < -0.4 is 5.32 Å². The molecule has 0 aromatic heterocycles. The van der Waals surface area contributed by atoms with E-state index in [1.165, 1.54) is 19.3 Å². The summed E-state index contributed by atoms with van der Waals surface area (Å²) >= 11 is 0. The molecule has 0 aliphatic heterocycles. The molecule has 1 rings (SSSR count). The van der Waals surface area contributed by atoms with Crippen LogP contribution in [0.3, 0.4) is 0 Å². The summed E-state index contributed by atoms with van der Waals surface area (Å²) in [4.78, 5) is 0.404. The van der Waals surface area contributed by atoms with Gasteiger partial charge in [-0.15, -0.1) is 0 Å². The third-order valence-electron chi connectivity index (χ3n) is 2.95. The van der Waals surface area contributed by atoms with Crippen molar-refractivity contribution in [2.45, 2.75) is 44.4 Å². The maximum Gasteiger partial charge on any atom is 0.178 e. The summed E-state index contributed by atoms with van der Waals surface area (Å²) in [7, 11) is -3.08. The van der Waals surface area contributed by atoms with E-state index in [0.717, 1.165) is 18.7 Å². The fourth-order valence-corrected chi connectivity index (χ4v) is 2.62. The van der Waals surface area contributed by atoms with Gasteiger partial charge in [-0.1, -0.05) is 33.1 Å². The predicted molar refractivity (Wildman–Crippen MR) is 76.8 cm³/mol. The van der Waals surface area contributed by atoms with E-state index in [0.29, 0.717) is 4.90 Å². The minimum absolute atomic E-state index is 0.150. The van der Waals surface area contributed by atoms with Gasteiger partial charge in [0.1, 0.15) is 0 Å². The fourth-order valence-electron chi connectivity index (χ4n) is 1.73. The van der Waals surface area contributed by atoms with E-state index in [9.17, 15) is 8.42 Å². The van der Waals surface area contributed by atoms with Crippen molar-refractivity contribution >= 4 is 15.5 Å². The Balaban J connectivity index is 2.46. The first-order valence-corrected chi connectivity index (χ1v) is 8.32. The van der Waals surface area contributed by atoms with Gasteiger partial charge in [0.25, 0.3) is 0 Å². The second kappa shape index (κ2) is 7.41. The Morgan fingerprint density at radius 3 is 2.22 bits per heavy atom. The van der Waals surface area contributed by atoms with Crippen LogP contribution in [0.15, 0.2) is 29.2 Å².